The maximum absolute atomic E-state index is 12.5. The molecule has 1 atom stereocenters. The third kappa shape index (κ3) is 4.59. The molecule has 2 heterocycles. The van der Waals surface area contributed by atoms with Gasteiger partial charge in [-0.05, 0) is 48.5 Å². The van der Waals surface area contributed by atoms with E-state index in [1.165, 1.54) is 17.0 Å². The van der Waals surface area contributed by atoms with Gasteiger partial charge in [-0.2, -0.15) is 0 Å². The molecule has 0 aliphatic carbocycles. The van der Waals surface area contributed by atoms with Gasteiger partial charge in [-0.25, -0.2) is 8.42 Å². The van der Waals surface area contributed by atoms with Crippen LogP contribution in [-0.4, -0.2) is 43.2 Å². The number of hydrogen-bond donors (Lipinski definition) is 1. The quantitative estimate of drug-likeness (QED) is 0.621. The first-order valence-electron chi connectivity index (χ1n) is 9.21. The Labute approximate surface area is 182 Å². The van der Waals surface area contributed by atoms with Crippen molar-refractivity contribution in [3.8, 4) is 0 Å². The van der Waals surface area contributed by atoms with Gasteiger partial charge in [0.05, 0.1) is 10.8 Å². The van der Waals surface area contributed by atoms with E-state index in [1.807, 2.05) is 0 Å². The number of carbonyl (C=O) groups excluding carboxylic acids is 2. The maximum atomic E-state index is 12.5. The molecule has 3 aromatic rings. The number of aromatic nitrogens is 2. The summed E-state index contributed by atoms with van der Waals surface area (Å²) >= 11 is 5.82. The summed E-state index contributed by atoms with van der Waals surface area (Å²) in [6, 6.07) is 12.3. The van der Waals surface area contributed by atoms with Crippen molar-refractivity contribution >= 4 is 45.0 Å². The molecule has 0 spiro atoms. The molecule has 1 N–H and O–H groups in total. The highest BCUT2D eigenvalue weighted by atomic mass is 35.5. The molecule has 11 heteroatoms. The largest absolute Gasteiger partial charge is 0.407 e. The van der Waals surface area contributed by atoms with Crippen molar-refractivity contribution in [2.24, 2.45) is 0 Å². The van der Waals surface area contributed by atoms with Crippen LogP contribution in [0.2, 0.25) is 5.02 Å². The van der Waals surface area contributed by atoms with Crippen LogP contribution in [0.1, 0.15) is 28.6 Å². The molecule has 9 nitrogen and oxygen atoms in total. The molecule has 0 bridgehead atoms. The number of nitrogens with one attached hydrogen (secondary N) is 1. The second-order valence-electron chi connectivity index (χ2n) is 7.08. The zero-order valence-corrected chi connectivity index (χ0v) is 17.9. The average molecular weight is 461 g/mol. The van der Waals surface area contributed by atoms with E-state index in [0.717, 1.165) is 6.26 Å². The minimum absolute atomic E-state index is 0.0710. The number of rotatable bonds is 5. The number of benzene rings is 2. The first kappa shape index (κ1) is 21.0. The predicted octanol–water partition coefficient (Wildman–Crippen LogP) is 2.90. The molecule has 1 fully saturated rings. The Bertz CT molecular complexity index is 1240. The molecule has 1 saturated heterocycles. The van der Waals surface area contributed by atoms with Crippen molar-refractivity contribution in [1.82, 2.24) is 10.2 Å². The summed E-state index contributed by atoms with van der Waals surface area (Å²) in [5, 5.41) is 10.8. The predicted molar refractivity (Wildman–Crippen MR) is 113 cm³/mol. The number of anilines is 2. The van der Waals surface area contributed by atoms with E-state index >= 15 is 0 Å². The molecule has 2 amide bonds. The Morgan fingerprint density at radius 1 is 1.13 bits per heavy atom. The van der Waals surface area contributed by atoms with E-state index in [0.29, 0.717) is 22.8 Å². The van der Waals surface area contributed by atoms with Gasteiger partial charge >= 0.3 is 6.01 Å². The molecule has 31 heavy (non-hydrogen) atoms. The van der Waals surface area contributed by atoms with Crippen LogP contribution in [0.25, 0.3) is 0 Å². The zero-order valence-electron chi connectivity index (χ0n) is 16.3. The Balaban J connectivity index is 1.44. The fraction of sp³-hybridized carbons (Fsp3) is 0.200. The molecule has 0 saturated carbocycles. The van der Waals surface area contributed by atoms with Crippen molar-refractivity contribution in [2.45, 2.75) is 17.2 Å². The van der Waals surface area contributed by atoms with Gasteiger partial charge in [0.25, 0.3) is 5.91 Å². The second kappa shape index (κ2) is 8.12. The number of sulfone groups is 1. The van der Waals surface area contributed by atoms with Crippen LogP contribution in [0.5, 0.6) is 0 Å². The van der Waals surface area contributed by atoms with Gasteiger partial charge < -0.3 is 9.32 Å². The van der Waals surface area contributed by atoms with Gasteiger partial charge in [-0.15, -0.1) is 5.10 Å². The monoisotopic (exact) mass is 460 g/mol. The SMILES string of the molecule is CS(=O)(=O)c1ccc(N2C[C@@H](c3nnc(NC(=O)c4ccc(Cl)cc4)o3)CC2=O)cc1. The molecular formula is C20H17ClN4O5S. The van der Waals surface area contributed by atoms with Gasteiger partial charge in [0.1, 0.15) is 0 Å². The molecule has 4 rings (SSSR count). The Kier molecular flexibility index (Phi) is 5.50. The van der Waals surface area contributed by atoms with E-state index in [1.54, 1.807) is 36.4 Å². The minimum atomic E-state index is -3.32. The first-order chi connectivity index (χ1) is 14.7. The second-order valence-corrected chi connectivity index (χ2v) is 9.53. The van der Waals surface area contributed by atoms with Gasteiger partial charge in [0.2, 0.25) is 11.8 Å². The smallest absolute Gasteiger partial charge is 0.322 e. The fourth-order valence-corrected chi connectivity index (χ4v) is 3.97. The fourth-order valence-electron chi connectivity index (χ4n) is 3.22. The summed E-state index contributed by atoms with van der Waals surface area (Å²) in [6.07, 6.45) is 1.28. The number of amides is 2. The van der Waals surface area contributed by atoms with Crippen molar-refractivity contribution in [2.75, 3.05) is 23.0 Å². The van der Waals surface area contributed by atoms with Crippen LogP contribution in [0, 0.1) is 0 Å². The molecule has 160 valence electrons. The zero-order chi connectivity index (χ0) is 22.2. The lowest BCUT2D eigenvalue weighted by Crippen LogP contribution is -2.24. The average Bonchev–Trinajstić information content (AvgIpc) is 3.34. The summed E-state index contributed by atoms with van der Waals surface area (Å²) in [4.78, 5) is 26.4. The van der Waals surface area contributed by atoms with E-state index in [-0.39, 0.29) is 35.0 Å². The molecule has 1 aromatic heterocycles. The number of halogens is 1. The highest BCUT2D eigenvalue weighted by Crippen LogP contribution is 2.32. The van der Waals surface area contributed by atoms with Gasteiger partial charge in [-0.1, -0.05) is 16.7 Å². The topological polar surface area (TPSA) is 122 Å². The highest BCUT2D eigenvalue weighted by Gasteiger charge is 2.35. The standard InChI is InChI=1S/C20H17ClN4O5S/c1-31(28,29)16-8-6-15(7-9-16)25-11-13(10-17(25)26)19-23-24-20(30-19)22-18(27)12-2-4-14(21)5-3-12/h2-9,13H,10-11H2,1H3,(H,22,24,27)/t13-/m0/s1. The third-order valence-electron chi connectivity index (χ3n) is 4.82. The lowest BCUT2D eigenvalue weighted by atomic mass is 10.1. The normalized spacial score (nSPS) is 16.5. The molecule has 0 unspecified atom stereocenters. The molecule has 2 aromatic carbocycles. The molecule has 1 aliphatic heterocycles. The third-order valence-corrected chi connectivity index (χ3v) is 6.20. The van der Waals surface area contributed by atoms with E-state index in [4.69, 9.17) is 16.0 Å². The Morgan fingerprint density at radius 2 is 1.81 bits per heavy atom. The summed E-state index contributed by atoms with van der Waals surface area (Å²) in [6.45, 7) is 0.295. The number of hydrogen-bond acceptors (Lipinski definition) is 7. The van der Waals surface area contributed by atoms with Crippen molar-refractivity contribution < 1.29 is 22.4 Å². The van der Waals surface area contributed by atoms with Crippen LogP contribution in [0.4, 0.5) is 11.7 Å². The van der Waals surface area contributed by atoms with Crippen LogP contribution in [-0.2, 0) is 14.6 Å². The minimum Gasteiger partial charge on any atom is -0.407 e. The van der Waals surface area contributed by atoms with Crippen LogP contribution < -0.4 is 10.2 Å². The van der Waals surface area contributed by atoms with Gasteiger partial charge in [0.15, 0.2) is 9.84 Å². The highest BCUT2D eigenvalue weighted by molar-refractivity contribution is 7.90. The summed E-state index contributed by atoms with van der Waals surface area (Å²) in [5.41, 5.74) is 0.958. The molecular weight excluding hydrogens is 444 g/mol. The summed E-state index contributed by atoms with van der Waals surface area (Å²) in [5.74, 6) is -0.699. The summed E-state index contributed by atoms with van der Waals surface area (Å²) < 4.78 is 28.8. The van der Waals surface area contributed by atoms with Crippen molar-refractivity contribution in [3.05, 3.63) is 65.0 Å². The van der Waals surface area contributed by atoms with Gasteiger partial charge in [-0.3, -0.25) is 14.9 Å². The van der Waals surface area contributed by atoms with Crippen LogP contribution in [0.3, 0.4) is 0 Å². The van der Waals surface area contributed by atoms with E-state index in [2.05, 4.69) is 15.5 Å². The molecule has 0 radical (unpaired) electrons. The Morgan fingerprint density at radius 3 is 2.45 bits per heavy atom. The lowest BCUT2D eigenvalue weighted by molar-refractivity contribution is -0.117. The summed E-state index contributed by atoms with van der Waals surface area (Å²) in [7, 11) is -3.32. The van der Waals surface area contributed by atoms with E-state index in [9.17, 15) is 18.0 Å². The first-order valence-corrected chi connectivity index (χ1v) is 11.5. The molecule has 1 aliphatic rings. The van der Waals surface area contributed by atoms with E-state index < -0.39 is 15.7 Å². The Hall–Kier alpha value is -3.24. The lowest BCUT2D eigenvalue weighted by Gasteiger charge is -2.16. The van der Waals surface area contributed by atoms with Crippen LogP contribution >= 0.6 is 11.6 Å². The van der Waals surface area contributed by atoms with Crippen LogP contribution in [0.15, 0.2) is 57.8 Å². The number of carbonyl (C=O) groups is 2. The number of nitrogens with zero attached hydrogens (tertiary/aromatic N) is 3. The van der Waals surface area contributed by atoms with Gasteiger partial charge in [0, 0.05) is 35.5 Å². The maximum Gasteiger partial charge on any atom is 0.322 e. The van der Waals surface area contributed by atoms with Crippen molar-refractivity contribution in [3.63, 3.8) is 0 Å². The van der Waals surface area contributed by atoms with Crippen molar-refractivity contribution in [1.29, 1.82) is 0 Å².